The van der Waals surface area contributed by atoms with Crippen molar-refractivity contribution in [3.05, 3.63) is 71.0 Å². The zero-order chi connectivity index (χ0) is 22.9. The van der Waals surface area contributed by atoms with Crippen molar-refractivity contribution in [1.29, 1.82) is 0 Å². The van der Waals surface area contributed by atoms with Crippen LogP contribution in [0, 0.1) is 0 Å². The predicted molar refractivity (Wildman–Crippen MR) is 129 cm³/mol. The summed E-state index contributed by atoms with van der Waals surface area (Å²) >= 11 is 7.63. The molecule has 0 aliphatic rings. The molecule has 0 saturated carbocycles. The van der Waals surface area contributed by atoms with Gasteiger partial charge in [-0.15, -0.1) is 10.2 Å². The van der Waals surface area contributed by atoms with Crippen molar-refractivity contribution < 1.29 is 9.53 Å². The average Bonchev–Trinajstić information content (AvgIpc) is 3.21. The minimum Gasteiger partial charge on any atom is -0.484 e. The van der Waals surface area contributed by atoms with Crippen LogP contribution >= 0.6 is 23.4 Å². The highest BCUT2D eigenvalue weighted by molar-refractivity contribution is 7.99. The van der Waals surface area contributed by atoms with Gasteiger partial charge in [-0.2, -0.15) is 0 Å². The Morgan fingerprint density at radius 3 is 2.47 bits per heavy atom. The van der Waals surface area contributed by atoms with Crippen LogP contribution in [0.25, 0.3) is 0 Å². The molecule has 170 valence electrons. The highest BCUT2D eigenvalue weighted by Gasteiger charge is 2.21. The van der Waals surface area contributed by atoms with Crippen LogP contribution in [0.5, 0.6) is 5.75 Å². The van der Waals surface area contributed by atoms with Crippen LogP contribution in [-0.4, -0.2) is 38.4 Å². The molecule has 0 unspecified atom stereocenters. The van der Waals surface area contributed by atoms with Crippen LogP contribution in [0.4, 0.5) is 0 Å². The van der Waals surface area contributed by atoms with Gasteiger partial charge < -0.3 is 14.2 Å². The minimum absolute atomic E-state index is 0.0480. The van der Waals surface area contributed by atoms with Crippen LogP contribution in [0.1, 0.15) is 44.1 Å². The standard InChI is InChI=1S/C24H29ClN4O2S/c1-4-19(5-2)29-22(16-31-21-14-10-9-13-20(21)25)26-27-24(29)32-17-23(30)28(3)15-18-11-7-6-8-12-18/h6-14,19H,4-5,15-17H2,1-3H3. The molecule has 1 amide bonds. The van der Waals surface area contributed by atoms with E-state index in [0.717, 1.165) is 29.4 Å². The second kappa shape index (κ2) is 11.9. The fourth-order valence-corrected chi connectivity index (χ4v) is 4.57. The Bertz CT molecular complexity index is 1010. The van der Waals surface area contributed by atoms with E-state index in [-0.39, 0.29) is 18.6 Å². The summed E-state index contributed by atoms with van der Waals surface area (Å²) < 4.78 is 8.01. The molecule has 0 radical (unpaired) electrons. The van der Waals surface area contributed by atoms with Crippen molar-refractivity contribution in [3.8, 4) is 5.75 Å². The number of hydrogen-bond donors (Lipinski definition) is 0. The number of carbonyl (C=O) groups excluding carboxylic acids is 1. The Morgan fingerprint density at radius 2 is 1.78 bits per heavy atom. The van der Waals surface area contributed by atoms with E-state index in [2.05, 4.69) is 28.6 Å². The molecule has 0 saturated heterocycles. The maximum absolute atomic E-state index is 12.7. The monoisotopic (exact) mass is 472 g/mol. The second-order valence-electron chi connectivity index (χ2n) is 7.48. The van der Waals surface area contributed by atoms with Crippen molar-refractivity contribution in [2.75, 3.05) is 12.8 Å². The van der Waals surface area contributed by atoms with Gasteiger partial charge in [-0.05, 0) is 30.5 Å². The molecule has 8 heteroatoms. The van der Waals surface area contributed by atoms with Crippen LogP contribution in [-0.2, 0) is 17.9 Å². The number of benzene rings is 2. The number of ether oxygens (including phenoxy) is 1. The largest absolute Gasteiger partial charge is 0.484 e. The number of nitrogens with zero attached hydrogens (tertiary/aromatic N) is 4. The van der Waals surface area contributed by atoms with Gasteiger partial charge >= 0.3 is 0 Å². The molecule has 2 aromatic carbocycles. The van der Waals surface area contributed by atoms with E-state index in [1.165, 1.54) is 11.8 Å². The lowest BCUT2D eigenvalue weighted by Crippen LogP contribution is -2.28. The molecule has 0 spiro atoms. The molecule has 32 heavy (non-hydrogen) atoms. The molecule has 0 fully saturated rings. The van der Waals surface area contributed by atoms with Gasteiger partial charge in [0.05, 0.1) is 10.8 Å². The Morgan fingerprint density at radius 1 is 1.09 bits per heavy atom. The lowest BCUT2D eigenvalue weighted by atomic mass is 10.2. The zero-order valence-electron chi connectivity index (χ0n) is 18.7. The van der Waals surface area contributed by atoms with E-state index in [4.69, 9.17) is 16.3 Å². The number of para-hydroxylation sites is 1. The average molecular weight is 473 g/mol. The Balaban J connectivity index is 1.68. The smallest absolute Gasteiger partial charge is 0.233 e. The molecule has 1 aromatic heterocycles. The second-order valence-corrected chi connectivity index (χ2v) is 8.83. The number of thioether (sulfide) groups is 1. The fraction of sp³-hybridized carbons (Fsp3) is 0.375. The minimum atomic E-state index is 0.0480. The molecule has 6 nitrogen and oxygen atoms in total. The van der Waals surface area contributed by atoms with Crippen LogP contribution in [0.15, 0.2) is 59.8 Å². The third-order valence-corrected chi connectivity index (χ3v) is 6.49. The Labute approximate surface area is 198 Å². The van der Waals surface area contributed by atoms with E-state index in [1.807, 2.05) is 55.6 Å². The first-order valence-electron chi connectivity index (χ1n) is 10.7. The normalized spacial score (nSPS) is 11.0. The third kappa shape index (κ3) is 6.26. The van der Waals surface area contributed by atoms with E-state index in [1.54, 1.807) is 11.0 Å². The molecular weight excluding hydrogens is 444 g/mol. The van der Waals surface area contributed by atoms with Gasteiger partial charge in [-0.1, -0.05) is 79.7 Å². The number of halogens is 1. The summed E-state index contributed by atoms with van der Waals surface area (Å²) in [5.74, 6) is 1.69. The van der Waals surface area contributed by atoms with E-state index < -0.39 is 0 Å². The van der Waals surface area contributed by atoms with E-state index >= 15 is 0 Å². The van der Waals surface area contributed by atoms with E-state index in [0.29, 0.717) is 23.1 Å². The van der Waals surface area contributed by atoms with Gasteiger partial charge in [-0.25, -0.2) is 0 Å². The maximum atomic E-state index is 12.7. The fourth-order valence-electron chi connectivity index (χ4n) is 3.41. The van der Waals surface area contributed by atoms with Gasteiger partial charge in [0.15, 0.2) is 11.0 Å². The van der Waals surface area contributed by atoms with Gasteiger partial charge in [0.25, 0.3) is 0 Å². The first-order chi connectivity index (χ1) is 15.5. The number of rotatable bonds is 11. The first-order valence-corrected chi connectivity index (χ1v) is 12.1. The SMILES string of the molecule is CCC(CC)n1c(COc2ccccc2Cl)nnc1SCC(=O)N(C)Cc1ccccc1. The van der Waals surface area contributed by atoms with Gasteiger partial charge in [0, 0.05) is 19.6 Å². The summed E-state index contributed by atoms with van der Waals surface area (Å²) in [5.41, 5.74) is 1.10. The summed E-state index contributed by atoms with van der Waals surface area (Å²) in [6, 6.07) is 17.6. The van der Waals surface area contributed by atoms with Gasteiger partial charge in [0.2, 0.25) is 5.91 Å². The van der Waals surface area contributed by atoms with Crippen LogP contribution < -0.4 is 4.74 Å². The summed E-state index contributed by atoms with van der Waals surface area (Å²) in [4.78, 5) is 14.4. The molecule has 0 atom stereocenters. The van der Waals surface area contributed by atoms with Gasteiger partial charge in [-0.3, -0.25) is 4.79 Å². The number of hydrogen-bond acceptors (Lipinski definition) is 5. The topological polar surface area (TPSA) is 60.2 Å². The molecule has 0 bridgehead atoms. The third-order valence-electron chi connectivity index (χ3n) is 5.25. The maximum Gasteiger partial charge on any atom is 0.233 e. The molecule has 3 aromatic rings. The zero-order valence-corrected chi connectivity index (χ0v) is 20.3. The molecule has 0 aliphatic carbocycles. The summed E-state index contributed by atoms with van der Waals surface area (Å²) in [5, 5.41) is 10.0. The van der Waals surface area contributed by atoms with Crippen molar-refractivity contribution in [2.45, 2.75) is 51.0 Å². The molecule has 0 N–H and O–H groups in total. The summed E-state index contributed by atoms with van der Waals surface area (Å²) in [7, 11) is 1.82. The highest BCUT2D eigenvalue weighted by atomic mass is 35.5. The molecule has 0 aliphatic heterocycles. The highest BCUT2D eigenvalue weighted by Crippen LogP contribution is 2.28. The van der Waals surface area contributed by atoms with Gasteiger partial charge in [0.1, 0.15) is 12.4 Å². The number of carbonyl (C=O) groups is 1. The molecular formula is C24H29ClN4O2S. The first kappa shape index (κ1) is 24.1. The van der Waals surface area contributed by atoms with Crippen molar-refractivity contribution >= 4 is 29.3 Å². The Kier molecular flexibility index (Phi) is 9.00. The lowest BCUT2D eigenvalue weighted by molar-refractivity contribution is -0.127. The van der Waals surface area contributed by atoms with Crippen molar-refractivity contribution in [3.63, 3.8) is 0 Å². The van der Waals surface area contributed by atoms with E-state index in [9.17, 15) is 4.79 Å². The Hall–Kier alpha value is -2.51. The van der Waals surface area contributed by atoms with Crippen LogP contribution in [0.3, 0.4) is 0 Å². The lowest BCUT2D eigenvalue weighted by Gasteiger charge is -2.20. The van der Waals surface area contributed by atoms with Crippen molar-refractivity contribution in [2.24, 2.45) is 0 Å². The quantitative estimate of drug-likeness (QED) is 0.339. The number of aromatic nitrogens is 3. The molecule has 1 heterocycles. The van der Waals surface area contributed by atoms with Crippen LogP contribution in [0.2, 0.25) is 5.02 Å². The summed E-state index contributed by atoms with van der Waals surface area (Å²) in [6.07, 6.45) is 1.87. The summed E-state index contributed by atoms with van der Waals surface area (Å²) in [6.45, 7) is 5.12. The predicted octanol–water partition coefficient (Wildman–Crippen LogP) is 5.62. The molecule has 3 rings (SSSR count). The number of amides is 1. The van der Waals surface area contributed by atoms with Crippen molar-refractivity contribution in [1.82, 2.24) is 19.7 Å².